The molecule has 0 radical (unpaired) electrons. The number of hydrogen-bond acceptors (Lipinski definition) is 4. The third kappa shape index (κ3) is 2.83. The van der Waals surface area contributed by atoms with Gasteiger partial charge in [0, 0.05) is 23.7 Å². The van der Waals surface area contributed by atoms with Gasteiger partial charge in [0.1, 0.15) is 0 Å². The molecule has 3 atom stereocenters. The van der Waals surface area contributed by atoms with Crippen molar-refractivity contribution in [2.45, 2.75) is 55.1 Å². The largest absolute Gasteiger partial charge is 0.481 e. The summed E-state index contributed by atoms with van der Waals surface area (Å²) in [6, 6.07) is 5.45. The monoisotopic (exact) mass is 364 g/mol. The molecule has 3 fully saturated rings. The fraction of sp³-hybridized carbons (Fsp3) is 0.529. The Labute approximate surface area is 146 Å². The molecular formula is C17H20N2O5S. The van der Waals surface area contributed by atoms with Crippen LogP contribution >= 0.6 is 0 Å². The predicted octanol–water partition coefficient (Wildman–Crippen LogP) is 1.20. The summed E-state index contributed by atoms with van der Waals surface area (Å²) in [5.74, 6) is -1.85. The maximum absolute atomic E-state index is 13.1. The summed E-state index contributed by atoms with van der Waals surface area (Å²) in [4.78, 5) is 23.6. The van der Waals surface area contributed by atoms with E-state index in [4.69, 9.17) is 0 Å². The molecule has 2 bridgehead atoms. The number of benzene rings is 1. The molecule has 3 aliphatic rings. The van der Waals surface area contributed by atoms with Gasteiger partial charge in [0.2, 0.25) is 10.0 Å². The van der Waals surface area contributed by atoms with Crippen molar-refractivity contribution in [1.82, 2.24) is 9.62 Å². The standard InChI is InChI=1S/C17H20N2O5S/c20-16(18-11-4-5-11)10-2-1-3-13(8-10)25(23,24)19-12-6-7-15(19)14(9-12)17(21)22/h1-3,8,11-12,14-15H,4-7,9H2,(H,18,20)(H,21,22). The molecule has 2 N–H and O–H groups in total. The first kappa shape index (κ1) is 16.5. The number of carboxylic acid groups (broad SMARTS) is 1. The lowest BCUT2D eigenvalue weighted by Gasteiger charge is -2.22. The molecule has 2 saturated heterocycles. The van der Waals surface area contributed by atoms with Crippen LogP contribution in [0.5, 0.6) is 0 Å². The van der Waals surface area contributed by atoms with Crippen LogP contribution in [0, 0.1) is 5.92 Å². The van der Waals surface area contributed by atoms with Crippen molar-refractivity contribution >= 4 is 21.9 Å². The fourth-order valence-electron chi connectivity index (χ4n) is 3.99. The summed E-state index contributed by atoms with van der Waals surface area (Å²) in [5.41, 5.74) is 0.314. The van der Waals surface area contributed by atoms with Crippen LogP contribution in [0.3, 0.4) is 0 Å². The van der Waals surface area contributed by atoms with Crippen molar-refractivity contribution in [1.29, 1.82) is 0 Å². The molecule has 1 aliphatic carbocycles. The predicted molar refractivity (Wildman–Crippen MR) is 88.5 cm³/mol. The second-order valence-corrected chi connectivity index (χ2v) is 8.93. The van der Waals surface area contributed by atoms with Gasteiger partial charge in [-0.2, -0.15) is 4.31 Å². The lowest BCUT2D eigenvalue weighted by atomic mass is 9.89. The minimum atomic E-state index is -3.82. The number of hydrogen-bond donors (Lipinski definition) is 2. The summed E-state index contributed by atoms with van der Waals surface area (Å²) in [7, 11) is -3.82. The number of carbonyl (C=O) groups is 2. The van der Waals surface area contributed by atoms with Gasteiger partial charge in [0.25, 0.3) is 5.91 Å². The molecule has 1 aromatic carbocycles. The Morgan fingerprint density at radius 1 is 1.16 bits per heavy atom. The third-order valence-corrected chi connectivity index (χ3v) is 7.35. The van der Waals surface area contributed by atoms with Gasteiger partial charge < -0.3 is 10.4 Å². The lowest BCUT2D eigenvalue weighted by molar-refractivity contribution is -0.142. The molecule has 3 unspecified atom stereocenters. The average Bonchev–Trinajstić information content (AvgIpc) is 3.19. The van der Waals surface area contributed by atoms with Crippen molar-refractivity contribution in [3.8, 4) is 0 Å². The number of amides is 1. The van der Waals surface area contributed by atoms with E-state index in [0.29, 0.717) is 24.8 Å². The quantitative estimate of drug-likeness (QED) is 0.817. The summed E-state index contributed by atoms with van der Waals surface area (Å²) in [6.07, 6.45) is 3.54. The highest BCUT2D eigenvalue weighted by Crippen LogP contribution is 2.45. The molecule has 2 aliphatic heterocycles. The van der Waals surface area contributed by atoms with Crippen molar-refractivity contribution in [3.63, 3.8) is 0 Å². The van der Waals surface area contributed by atoms with E-state index < -0.39 is 28.0 Å². The van der Waals surface area contributed by atoms with Crippen molar-refractivity contribution in [2.75, 3.05) is 0 Å². The summed E-state index contributed by atoms with van der Waals surface area (Å²) < 4.78 is 27.5. The number of carbonyl (C=O) groups excluding carboxylic acids is 1. The van der Waals surface area contributed by atoms with Crippen LogP contribution in [-0.2, 0) is 14.8 Å². The van der Waals surface area contributed by atoms with Crippen molar-refractivity contribution in [2.24, 2.45) is 5.92 Å². The molecule has 2 heterocycles. The summed E-state index contributed by atoms with van der Waals surface area (Å²) in [6.45, 7) is 0. The Morgan fingerprint density at radius 2 is 1.92 bits per heavy atom. The lowest BCUT2D eigenvalue weighted by Crippen LogP contribution is -2.38. The highest BCUT2D eigenvalue weighted by Gasteiger charge is 2.54. The van der Waals surface area contributed by atoms with Crippen LogP contribution in [0.15, 0.2) is 29.2 Å². The zero-order chi connectivity index (χ0) is 17.8. The zero-order valence-corrected chi connectivity index (χ0v) is 14.4. The van der Waals surface area contributed by atoms with Gasteiger partial charge in [0.15, 0.2) is 0 Å². The minimum Gasteiger partial charge on any atom is -0.481 e. The maximum Gasteiger partial charge on any atom is 0.308 e. The number of nitrogens with one attached hydrogen (secondary N) is 1. The molecule has 134 valence electrons. The number of nitrogens with zero attached hydrogens (tertiary/aromatic N) is 1. The number of aliphatic carboxylic acids is 1. The van der Waals surface area contributed by atoms with E-state index in [0.717, 1.165) is 12.8 Å². The van der Waals surface area contributed by atoms with E-state index in [1.165, 1.54) is 16.4 Å². The molecule has 25 heavy (non-hydrogen) atoms. The third-order valence-electron chi connectivity index (χ3n) is 5.37. The van der Waals surface area contributed by atoms with Crippen LogP contribution in [-0.4, -0.2) is 47.8 Å². The molecular weight excluding hydrogens is 344 g/mol. The van der Waals surface area contributed by atoms with Crippen LogP contribution in [0.2, 0.25) is 0 Å². The van der Waals surface area contributed by atoms with Crippen LogP contribution in [0.4, 0.5) is 0 Å². The highest BCUT2D eigenvalue weighted by atomic mass is 32.2. The molecule has 7 nitrogen and oxygen atoms in total. The normalized spacial score (nSPS) is 28.9. The van der Waals surface area contributed by atoms with Crippen LogP contribution in [0.1, 0.15) is 42.5 Å². The maximum atomic E-state index is 13.1. The van der Waals surface area contributed by atoms with E-state index in [9.17, 15) is 23.1 Å². The molecule has 1 amide bonds. The second-order valence-electron chi connectivity index (χ2n) is 7.09. The van der Waals surface area contributed by atoms with Crippen LogP contribution < -0.4 is 5.32 Å². The number of fused-ring (bicyclic) bond motifs is 2. The van der Waals surface area contributed by atoms with Gasteiger partial charge in [-0.25, -0.2) is 8.42 Å². The Hall–Kier alpha value is -1.93. The fourth-order valence-corrected chi connectivity index (χ4v) is 5.96. The summed E-state index contributed by atoms with van der Waals surface area (Å²) >= 11 is 0. The van der Waals surface area contributed by atoms with Crippen molar-refractivity contribution in [3.05, 3.63) is 29.8 Å². The molecule has 1 saturated carbocycles. The van der Waals surface area contributed by atoms with E-state index in [1.54, 1.807) is 12.1 Å². The Morgan fingerprint density at radius 3 is 2.56 bits per heavy atom. The molecule has 0 aromatic heterocycles. The minimum absolute atomic E-state index is 0.0545. The SMILES string of the molecule is O=C(NC1CC1)c1cccc(S(=O)(=O)N2C3CCC2C(C(=O)O)C3)c1. The van der Waals surface area contributed by atoms with E-state index in [1.807, 2.05) is 0 Å². The van der Waals surface area contributed by atoms with Crippen LogP contribution in [0.25, 0.3) is 0 Å². The van der Waals surface area contributed by atoms with E-state index in [-0.39, 0.29) is 22.9 Å². The average molecular weight is 364 g/mol. The summed E-state index contributed by atoms with van der Waals surface area (Å²) in [5, 5.41) is 12.2. The second kappa shape index (κ2) is 5.81. The van der Waals surface area contributed by atoms with E-state index in [2.05, 4.69) is 5.32 Å². The Bertz CT molecular complexity index is 833. The molecule has 0 spiro atoms. The molecule has 8 heteroatoms. The van der Waals surface area contributed by atoms with E-state index >= 15 is 0 Å². The van der Waals surface area contributed by atoms with Gasteiger partial charge in [-0.3, -0.25) is 9.59 Å². The first-order chi connectivity index (χ1) is 11.9. The molecule has 4 rings (SSSR count). The Kier molecular flexibility index (Phi) is 3.84. The van der Waals surface area contributed by atoms with Gasteiger partial charge in [0.05, 0.1) is 10.8 Å². The molecule has 1 aromatic rings. The Balaban J connectivity index is 1.62. The topological polar surface area (TPSA) is 104 Å². The van der Waals surface area contributed by atoms with Gasteiger partial charge >= 0.3 is 5.97 Å². The first-order valence-corrected chi connectivity index (χ1v) is 9.99. The number of rotatable bonds is 5. The highest BCUT2D eigenvalue weighted by molar-refractivity contribution is 7.89. The number of sulfonamides is 1. The zero-order valence-electron chi connectivity index (χ0n) is 13.6. The van der Waals surface area contributed by atoms with Gasteiger partial charge in [-0.1, -0.05) is 6.07 Å². The smallest absolute Gasteiger partial charge is 0.308 e. The van der Waals surface area contributed by atoms with Gasteiger partial charge in [-0.15, -0.1) is 0 Å². The van der Waals surface area contributed by atoms with Gasteiger partial charge in [-0.05, 0) is 50.3 Å². The number of carboxylic acids is 1. The van der Waals surface area contributed by atoms with Crippen molar-refractivity contribution < 1.29 is 23.1 Å². The first-order valence-electron chi connectivity index (χ1n) is 8.55.